The predicted octanol–water partition coefficient (Wildman–Crippen LogP) is 15.3. The van der Waals surface area contributed by atoms with Crippen LogP contribution in [0, 0.1) is 0 Å². The molecule has 3 atom stereocenters. The molecule has 3 N–H and O–H groups in total. The predicted molar refractivity (Wildman–Crippen MR) is 255 cm³/mol. The molecule has 0 aliphatic heterocycles. The second-order valence-corrected chi connectivity index (χ2v) is 17.5. The lowest BCUT2D eigenvalue weighted by molar-refractivity contribution is -0.151. The van der Waals surface area contributed by atoms with Crippen LogP contribution in [0.15, 0.2) is 36.5 Å². The Kier molecular flexibility index (Phi) is 45.6. The van der Waals surface area contributed by atoms with E-state index in [2.05, 4.69) is 62.5 Å². The number of aliphatic hydroxyl groups is 2. The van der Waals surface area contributed by atoms with Crippen molar-refractivity contribution in [3.63, 3.8) is 0 Å². The van der Waals surface area contributed by atoms with E-state index in [9.17, 15) is 19.8 Å². The van der Waals surface area contributed by atoms with Gasteiger partial charge in [-0.25, -0.2) is 0 Å². The van der Waals surface area contributed by atoms with Gasteiger partial charge in [-0.15, -0.1) is 0 Å². The molecule has 6 heteroatoms. The molecule has 0 rings (SSSR count). The number of carbonyl (C=O) groups excluding carboxylic acids is 2. The van der Waals surface area contributed by atoms with Crippen molar-refractivity contribution in [3.8, 4) is 0 Å². The summed E-state index contributed by atoms with van der Waals surface area (Å²) >= 11 is 0. The molecule has 0 aliphatic rings. The molecule has 0 radical (unpaired) electrons. The summed E-state index contributed by atoms with van der Waals surface area (Å²) < 4.78 is 5.93. The van der Waals surface area contributed by atoms with Gasteiger partial charge in [-0.3, -0.25) is 9.59 Å². The summed E-state index contributed by atoms with van der Waals surface area (Å²) in [4.78, 5) is 26.1. The number of unbranched alkanes of at least 4 members (excludes halogenated alkanes) is 28. The van der Waals surface area contributed by atoms with Crippen LogP contribution >= 0.6 is 0 Å². The van der Waals surface area contributed by atoms with Gasteiger partial charge in [0.15, 0.2) is 0 Å². The molecule has 59 heavy (non-hydrogen) atoms. The van der Waals surface area contributed by atoms with E-state index >= 15 is 0 Å². The third kappa shape index (κ3) is 42.6. The molecular weight excluding hydrogens is 731 g/mol. The molecule has 0 aromatic carbocycles. The first-order valence-corrected chi connectivity index (χ1v) is 25.7. The van der Waals surface area contributed by atoms with Crippen LogP contribution in [-0.4, -0.2) is 46.9 Å². The minimum absolute atomic E-state index is 0.0723. The Morgan fingerprint density at radius 2 is 0.915 bits per heavy atom. The molecule has 0 aliphatic carbocycles. The Morgan fingerprint density at radius 1 is 0.508 bits per heavy atom. The van der Waals surface area contributed by atoms with E-state index in [0.717, 1.165) is 83.5 Å². The topological polar surface area (TPSA) is 95.9 Å². The summed E-state index contributed by atoms with van der Waals surface area (Å²) in [6.45, 7) is 6.37. The number of ether oxygens (including phenoxy) is 1. The highest BCUT2D eigenvalue weighted by atomic mass is 16.5. The van der Waals surface area contributed by atoms with E-state index in [1.165, 1.54) is 135 Å². The lowest BCUT2D eigenvalue weighted by Gasteiger charge is -2.24. The SMILES string of the molecule is CC/C=C/C/C=C/C/C=C/CCCCCCC(=O)OC(CCCCCCCCCCCCCCCCCC)CC(=O)NC(CO)C(O)CCCCCCCCCCCC. The molecule has 0 heterocycles. The molecule has 0 aromatic heterocycles. The van der Waals surface area contributed by atoms with Crippen LogP contribution in [0.25, 0.3) is 0 Å². The van der Waals surface area contributed by atoms with E-state index in [1.54, 1.807) is 0 Å². The number of carbonyl (C=O) groups is 2. The van der Waals surface area contributed by atoms with Crippen LogP contribution in [0.4, 0.5) is 0 Å². The highest BCUT2D eigenvalue weighted by molar-refractivity contribution is 5.77. The average molecular weight is 830 g/mol. The van der Waals surface area contributed by atoms with Crippen molar-refractivity contribution in [1.29, 1.82) is 0 Å². The second kappa shape index (κ2) is 47.1. The number of esters is 1. The molecule has 0 bridgehead atoms. The molecule has 0 spiro atoms. The third-order valence-corrected chi connectivity index (χ3v) is 11.7. The van der Waals surface area contributed by atoms with Gasteiger partial charge < -0.3 is 20.3 Å². The Morgan fingerprint density at radius 3 is 1.39 bits per heavy atom. The first-order chi connectivity index (χ1) is 29.0. The van der Waals surface area contributed by atoms with Crippen molar-refractivity contribution in [2.75, 3.05) is 6.61 Å². The molecule has 6 nitrogen and oxygen atoms in total. The van der Waals surface area contributed by atoms with Crippen LogP contribution in [0.5, 0.6) is 0 Å². The highest BCUT2D eigenvalue weighted by Gasteiger charge is 2.24. The monoisotopic (exact) mass is 830 g/mol. The third-order valence-electron chi connectivity index (χ3n) is 11.7. The van der Waals surface area contributed by atoms with E-state index < -0.39 is 18.2 Å². The number of nitrogens with one attached hydrogen (secondary N) is 1. The first kappa shape index (κ1) is 57.1. The number of allylic oxidation sites excluding steroid dienone is 6. The van der Waals surface area contributed by atoms with Crippen LogP contribution < -0.4 is 5.32 Å². The first-order valence-electron chi connectivity index (χ1n) is 25.7. The van der Waals surface area contributed by atoms with Gasteiger partial charge in [0.1, 0.15) is 6.10 Å². The Labute approximate surface area is 366 Å². The summed E-state index contributed by atoms with van der Waals surface area (Å²) in [6, 6.07) is -0.702. The van der Waals surface area contributed by atoms with Gasteiger partial charge in [0.2, 0.25) is 5.91 Å². The van der Waals surface area contributed by atoms with Gasteiger partial charge in [0.05, 0.1) is 25.2 Å². The fourth-order valence-corrected chi connectivity index (χ4v) is 7.86. The minimum atomic E-state index is -0.787. The number of amides is 1. The van der Waals surface area contributed by atoms with Gasteiger partial charge in [-0.2, -0.15) is 0 Å². The number of hydrogen-bond donors (Lipinski definition) is 3. The summed E-state index contributed by atoms with van der Waals surface area (Å²) in [5.41, 5.74) is 0. The zero-order valence-corrected chi connectivity index (χ0v) is 39.4. The molecule has 0 saturated carbocycles. The van der Waals surface area contributed by atoms with E-state index in [-0.39, 0.29) is 24.9 Å². The van der Waals surface area contributed by atoms with Crippen LogP contribution in [-0.2, 0) is 14.3 Å². The highest BCUT2D eigenvalue weighted by Crippen LogP contribution is 2.18. The summed E-state index contributed by atoms with van der Waals surface area (Å²) in [5, 5.41) is 23.7. The van der Waals surface area contributed by atoms with Gasteiger partial charge in [-0.05, 0) is 57.8 Å². The van der Waals surface area contributed by atoms with Gasteiger partial charge in [0, 0.05) is 6.42 Å². The zero-order valence-electron chi connectivity index (χ0n) is 39.4. The standard InChI is InChI=1S/C53H99NO5/c1-4-7-10-13-16-19-22-24-26-27-28-30-32-35-38-41-44-49(59-53(58)46-43-40-37-34-31-29-25-23-20-17-14-11-8-5-2)47-52(57)54-50(48-55)51(56)45-42-39-36-33-21-18-15-12-9-6-3/h8,11,17,20,25,29,49-51,55-56H,4-7,9-10,12-16,18-19,21-24,26-28,30-48H2,1-3H3,(H,54,57)/b11-8+,20-17+,29-25+. The summed E-state index contributed by atoms with van der Waals surface area (Å²) in [7, 11) is 0. The normalized spacial score (nSPS) is 13.5. The van der Waals surface area contributed by atoms with Gasteiger partial charge in [0.25, 0.3) is 0 Å². The van der Waals surface area contributed by atoms with Gasteiger partial charge >= 0.3 is 5.97 Å². The molecule has 0 aromatic rings. The number of aliphatic hydroxyl groups excluding tert-OH is 2. The number of rotatable bonds is 46. The van der Waals surface area contributed by atoms with Crippen molar-refractivity contribution in [1.82, 2.24) is 5.32 Å². The quantitative estimate of drug-likeness (QED) is 0.0323. The molecule has 1 amide bonds. The van der Waals surface area contributed by atoms with Crippen molar-refractivity contribution in [3.05, 3.63) is 36.5 Å². The Balaban J connectivity index is 4.59. The van der Waals surface area contributed by atoms with Crippen molar-refractivity contribution >= 4 is 11.9 Å². The maximum absolute atomic E-state index is 13.2. The van der Waals surface area contributed by atoms with Crippen LogP contribution in [0.2, 0.25) is 0 Å². The van der Waals surface area contributed by atoms with Gasteiger partial charge in [-0.1, -0.05) is 231 Å². The van der Waals surface area contributed by atoms with E-state index in [4.69, 9.17) is 4.74 Å². The fraction of sp³-hybridized carbons (Fsp3) is 0.849. The maximum Gasteiger partial charge on any atom is 0.306 e. The lowest BCUT2D eigenvalue weighted by Crippen LogP contribution is -2.46. The van der Waals surface area contributed by atoms with Crippen molar-refractivity contribution in [2.45, 2.75) is 283 Å². The second-order valence-electron chi connectivity index (χ2n) is 17.5. The molecular formula is C53H99NO5. The minimum Gasteiger partial charge on any atom is -0.462 e. The van der Waals surface area contributed by atoms with E-state index in [1.807, 2.05) is 0 Å². The Bertz CT molecular complexity index is 977. The Hall–Kier alpha value is -1.92. The smallest absolute Gasteiger partial charge is 0.306 e. The zero-order chi connectivity index (χ0) is 43.1. The molecule has 0 saturated heterocycles. The van der Waals surface area contributed by atoms with Crippen molar-refractivity contribution < 1.29 is 24.5 Å². The largest absolute Gasteiger partial charge is 0.462 e. The molecule has 3 unspecified atom stereocenters. The van der Waals surface area contributed by atoms with Crippen LogP contribution in [0.3, 0.4) is 0 Å². The van der Waals surface area contributed by atoms with E-state index in [0.29, 0.717) is 19.3 Å². The summed E-state index contributed by atoms with van der Waals surface area (Å²) in [6.07, 6.45) is 54.9. The average Bonchev–Trinajstić information content (AvgIpc) is 3.23. The summed E-state index contributed by atoms with van der Waals surface area (Å²) in [5.74, 6) is -0.489. The van der Waals surface area contributed by atoms with Crippen LogP contribution in [0.1, 0.15) is 265 Å². The molecule has 346 valence electrons. The molecule has 0 fully saturated rings. The van der Waals surface area contributed by atoms with Crippen molar-refractivity contribution in [2.24, 2.45) is 0 Å². The maximum atomic E-state index is 13.2. The number of hydrogen-bond acceptors (Lipinski definition) is 5. The fourth-order valence-electron chi connectivity index (χ4n) is 7.86. The lowest BCUT2D eigenvalue weighted by atomic mass is 10.0.